The van der Waals surface area contributed by atoms with Gasteiger partial charge in [-0.2, -0.15) is 0 Å². The van der Waals surface area contributed by atoms with Gasteiger partial charge in [0.2, 0.25) is 5.91 Å². The van der Waals surface area contributed by atoms with Gasteiger partial charge < -0.3 is 5.32 Å². The summed E-state index contributed by atoms with van der Waals surface area (Å²) in [4.78, 5) is 21.2. The smallest absolute Gasteiger partial charge is 0.272 e. The van der Waals surface area contributed by atoms with Crippen LogP contribution < -0.4 is 5.32 Å². The number of nitro groups is 1. The fraction of sp³-hybridized carbons (Fsp3) is 0.182. The van der Waals surface area contributed by atoms with Crippen molar-refractivity contribution in [2.45, 2.75) is 13.5 Å². The summed E-state index contributed by atoms with van der Waals surface area (Å²) in [6.45, 7) is 5.24. The Bertz CT molecular complexity index is 441. The van der Waals surface area contributed by atoms with E-state index in [0.29, 0.717) is 5.56 Å². The molecular weight excluding hydrogens is 208 g/mol. The third-order valence-electron chi connectivity index (χ3n) is 2.25. The Morgan fingerprint density at radius 2 is 2.31 bits per heavy atom. The number of nitrogens with one attached hydrogen (secondary N) is 1. The summed E-state index contributed by atoms with van der Waals surface area (Å²) in [7, 11) is 0. The highest BCUT2D eigenvalue weighted by molar-refractivity contribution is 5.86. The quantitative estimate of drug-likeness (QED) is 0.477. The lowest BCUT2D eigenvalue weighted by Gasteiger charge is -2.06. The summed E-state index contributed by atoms with van der Waals surface area (Å²) >= 11 is 0. The minimum atomic E-state index is -0.436. The minimum absolute atomic E-state index is 0.0605. The molecule has 0 aromatic heterocycles. The molecule has 0 saturated carbocycles. The molecule has 5 heteroatoms. The second-order valence-corrected chi connectivity index (χ2v) is 3.24. The van der Waals surface area contributed by atoms with E-state index < -0.39 is 4.92 Å². The van der Waals surface area contributed by atoms with Gasteiger partial charge in [-0.05, 0) is 18.6 Å². The molecule has 84 valence electrons. The molecule has 1 amide bonds. The van der Waals surface area contributed by atoms with Crippen LogP contribution >= 0.6 is 0 Å². The van der Waals surface area contributed by atoms with Gasteiger partial charge in [-0.3, -0.25) is 14.9 Å². The molecule has 1 aromatic rings. The molecule has 0 aliphatic carbocycles. The molecule has 1 N–H and O–H groups in total. The summed E-state index contributed by atoms with van der Waals surface area (Å²) in [5.41, 5.74) is 1.35. The highest BCUT2D eigenvalue weighted by Gasteiger charge is 2.12. The molecule has 16 heavy (non-hydrogen) atoms. The fourth-order valence-corrected chi connectivity index (χ4v) is 1.31. The summed E-state index contributed by atoms with van der Waals surface area (Å²) < 4.78 is 0. The number of nitrogens with zero attached hydrogens (tertiary/aromatic N) is 1. The second kappa shape index (κ2) is 5.06. The molecule has 0 fully saturated rings. The lowest BCUT2D eigenvalue weighted by atomic mass is 10.1. The first-order valence-electron chi connectivity index (χ1n) is 4.69. The summed E-state index contributed by atoms with van der Waals surface area (Å²) in [5, 5.41) is 13.2. The van der Waals surface area contributed by atoms with E-state index in [1.165, 1.54) is 6.07 Å². The molecule has 0 heterocycles. The highest BCUT2D eigenvalue weighted by Crippen LogP contribution is 2.20. The van der Waals surface area contributed by atoms with E-state index in [4.69, 9.17) is 0 Å². The predicted molar refractivity (Wildman–Crippen MR) is 59.9 cm³/mol. The van der Waals surface area contributed by atoms with Crippen molar-refractivity contribution in [3.63, 3.8) is 0 Å². The molecule has 0 saturated heterocycles. The van der Waals surface area contributed by atoms with E-state index in [9.17, 15) is 14.9 Å². The average molecular weight is 220 g/mol. The van der Waals surface area contributed by atoms with Crippen LogP contribution in [0.5, 0.6) is 0 Å². The number of carbonyl (C=O) groups is 1. The minimum Gasteiger partial charge on any atom is -0.348 e. The molecule has 0 atom stereocenters. The molecule has 5 nitrogen and oxygen atoms in total. The van der Waals surface area contributed by atoms with E-state index in [2.05, 4.69) is 11.9 Å². The van der Waals surface area contributed by atoms with Gasteiger partial charge in [0, 0.05) is 18.2 Å². The highest BCUT2D eigenvalue weighted by atomic mass is 16.6. The Morgan fingerprint density at radius 3 is 2.88 bits per heavy atom. The van der Waals surface area contributed by atoms with Gasteiger partial charge in [0.05, 0.1) is 4.92 Å². The fourth-order valence-electron chi connectivity index (χ4n) is 1.31. The Morgan fingerprint density at radius 1 is 1.62 bits per heavy atom. The SMILES string of the molecule is C=CC(=O)NCc1cccc([N+](=O)[O-])c1C. The first-order valence-corrected chi connectivity index (χ1v) is 4.69. The van der Waals surface area contributed by atoms with Crippen LogP contribution in [-0.4, -0.2) is 10.8 Å². The van der Waals surface area contributed by atoms with Crippen molar-refractivity contribution in [1.82, 2.24) is 5.32 Å². The zero-order valence-electron chi connectivity index (χ0n) is 8.90. The van der Waals surface area contributed by atoms with Crippen molar-refractivity contribution in [2.75, 3.05) is 0 Å². The van der Waals surface area contributed by atoms with Crippen molar-refractivity contribution < 1.29 is 9.72 Å². The van der Waals surface area contributed by atoms with Crippen LogP contribution in [0.4, 0.5) is 5.69 Å². The summed E-state index contributed by atoms with van der Waals surface area (Å²) in [5.74, 6) is -0.300. The largest absolute Gasteiger partial charge is 0.348 e. The molecule has 0 bridgehead atoms. The number of rotatable bonds is 4. The molecule has 0 spiro atoms. The molecule has 0 unspecified atom stereocenters. The molecule has 0 aliphatic rings. The van der Waals surface area contributed by atoms with Gasteiger partial charge in [0.1, 0.15) is 0 Å². The average Bonchev–Trinajstić information content (AvgIpc) is 2.26. The van der Waals surface area contributed by atoms with Gasteiger partial charge in [-0.1, -0.05) is 18.7 Å². The number of hydrogen-bond acceptors (Lipinski definition) is 3. The zero-order valence-corrected chi connectivity index (χ0v) is 8.90. The Labute approximate surface area is 92.9 Å². The van der Waals surface area contributed by atoms with E-state index in [-0.39, 0.29) is 18.1 Å². The van der Waals surface area contributed by atoms with Crippen LogP contribution in [0.1, 0.15) is 11.1 Å². The maximum Gasteiger partial charge on any atom is 0.272 e. The molecule has 0 radical (unpaired) electrons. The maximum atomic E-state index is 11.0. The van der Waals surface area contributed by atoms with Crippen LogP contribution in [0.25, 0.3) is 0 Å². The van der Waals surface area contributed by atoms with E-state index in [1.807, 2.05) is 0 Å². The Hall–Kier alpha value is -2.17. The Balaban J connectivity index is 2.89. The van der Waals surface area contributed by atoms with Crippen molar-refractivity contribution >= 4 is 11.6 Å². The molecule has 1 aromatic carbocycles. The predicted octanol–water partition coefficient (Wildman–Crippen LogP) is 1.71. The lowest BCUT2D eigenvalue weighted by Crippen LogP contribution is -2.20. The van der Waals surface area contributed by atoms with Crippen molar-refractivity contribution in [3.8, 4) is 0 Å². The van der Waals surface area contributed by atoms with Crippen LogP contribution in [0.2, 0.25) is 0 Å². The number of amides is 1. The van der Waals surface area contributed by atoms with Crippen molar-refractivity contribution in [1.29, 1.82) is 0 Å². The van der Waals surface area contributed by atoms with Gasteiger partial charge in [0.15, 0.2) is 0 Å². The van der Waals surface area contributed by atoms with Crippen molar-refractivity contribution in [2.24, 2.45) is 0 Å². The van der Waals surface area contributed by atoms with Gasteiger partial charge in [0.25, 0.3) is 5.69 Å². The molecule has 1 rings (SSSR count). The lowest BCUT2D eigenvalue weighted by molar-refractivity contribution is -0.385. The van der Waals surface area contributed by atoms with E-state index in [1.54, 1.807) is 19.1 Å². The van der Waals surface area contributed by atoms with Crippen LogP contribution in [0.15, 0.2) is 30.9 Å². The summed E-state index contributed by atoms with van der Waals surface area (Å²) in [6.07, 6.45) is 1.16. The normalized spacial score (nSPS) is 9.56. The number of hydrogen-bond donors (Lipinski definition) is 1. The second-order valence-electron chi connectivity index (χ2n) is 3.24. The van der Waals surface area contributed by atoms with Crippen LogP contribution in [0.3, 0.4) is 0 Å². The monoisotopic (exact) mass is 220 g/mol. The van der Waals surface area contributed by atoms with Gasteiger partial charge in [-0.25, -0.2) is 0 Å². The maximum absolute atomic E-state index is 11.0. The zero-order chi connectivity index (χ0) is 12.1. The molecule has 0 aliphatic heterocycles. The van der Waals surface area contributed by atoms with Crippen LogP contribution in [-0.2, 0) is 11.3 Å². The van der Waals surface area contributed by atoms with Gasteiger partial charge >= 0.3 is 0 Å². The third kappa shape index (κ3) is 2.66. The van der Waals surface area contributed by atoms with Crippen molar-refractivity contribution in [3.05, 3.63) is 52.1 Å². The Kier molecular flexibility index (Phi) is 3.77. The summed E-state index contributed by atoms with van der Waals surface area (Å²) in [6, 6.07) is 4.78. The number of carbonyl (C=O) groups excluding carboxylic acids is 1. The number of benzene rings is 1. The van der Waals surface area contributed by atoms with E-state index >= 15 is 0 Å². The third-order valence-corrected chi connectivity index (χ3v) is 2.25. The van der Waals surface area contributed by atoms with E-state index in [0.717, 1.165) is 11.6 Å². The number of nitro benzene ring substituents is 1. The van der Waals surface area contributed by atoms with Gasteiger partial charge in [-0.15, -0.1) is 0 Å². The first-order chi connectivity index (χ1) is 7.56. The first kappa shape index (κ1) is 11.9. The topological polar surface area (TPSA) is 72.2 Å². The van der Waals surface area contributed by atoms with Crippen LogP contribution in [0, 0.1) is 17.0 Å². The molecular formula is C11H12N2O3. The standard InChI is InChI=1S/C11H12N2O3/c1-3-11(14)12-7-9-5-4-6-10(8(9)2)13(15)16/h3-6H,1,7H2,2H3,(H,12,14).